The highest BCUT2D eigenvalue weighted by Crippen LogP contribution is 2.24. The third-order valence-electron chi connectivity index (χ3n) is 3.70. The van der Waals surface area contributed by atoms with Crippen LogP contribution in [-0.4, -0.2) is 24.9 Å². The first-order valence-electron chi connectivity index (χ1n) is 7.69. The molecule has 0 saturated carbocycles. The van der Waals surface area contributed by atoms with Crippen LogP contribution in [0.15, 0.2) is 48.5 Å². The molecule has 0 aliphatic heterocycles. The molecule has 2 N–H and O–H groups in total. The van der Waals surface area contributed by atoms with Crippen molar-refractivity contribution in [2.75, 3.05) is 5.32 Å². The summed E-state index contributed by atoms with van der Waals surface area (Å²) >= 11 is 7.44. The minimum absolute atomic E-state index is 0.268. The van der Waals surface area contributed by atoms with E-state index in [0.717, 1.165) is 33.6 Å². The monoisotopic (exact) mass is 371 g/mol. The van der Waals surface area contributed by atoms with Crippen molar-refractivity contribution in [2.45, 2.75) is 12.8 Å². The van der Waals surface area contributed by atoms with Gasteiger partial charge in [0.1, 0.15) is 5.75 Å². The van der Waals surface area contributed by atoms with Crippen molar-refractivity contribution in [3.05, 3.63) is 64.9 Å². The SMILES string of the molecule is Oc1ccc(CCc2nnc3sc(Nc4cccc(Cl)c4)nn23)cc1. The van der Waals surface area contributed by atoms with E-state index >= 15 is 0 Å². The molecule has 0 saturated heterocycles. The number of halogens is 1. The molecule has 0 radical (unpaired) electrons. The van der Waals surface area contributed by atoms with Crippen molar-refractivity contribution >= 4 is 38.7 Å². The topological polar surface area (TPSA) is 75.3 Å². The van der Waals surface area contributed by atoms with Gasteiger partial charge < -0.3 is 10.4 Å². The molecule has 6 nitrogen and oxygen atoms in total. The fraction of sp³-hybridized carbons (Fsp3) is 0.118. The Balaban J connectivity index is 1.51. The summed E-state index contributed by atoms with van der Waals surface area (Å²) in [4.78, 5) is 0.741. The second-order valence-electron chi connectivity index (χ2n) is 5.52. The summed E-state index contributed by atoms with van der Waals surface area (Å²) in [6, 6.07) is 14.7. The number of aryl methyl sites for hydroxylation is 2. The maximum atomic E-state index is 9.34. The predicted octanol–water partition coefficient (Wildman–Crippen LogP) is 4.07. The molecule has 0 spiro atoms. The first-order chi connectivity index (χ1) is 12.2. The Morgan fingerprint density at radius 3 is 2.72 bits per heavy atom. The molecular weight excluding hydrogens is 358 g/mol. The minimum Gasteiger partial charge on any atom is -0.508 e. The van der Waals surface area contributed by atoms with Crippen LogP contribution >= 0.6 is 22.9 Å². The molecule has 8 heteroatoms. The standard InChI is InChI=1S/C17H14ClN5OS/c18-12-2-1-3-13(10-12)19-16-22-23-15(20-21-17(23)25-16)9-6-11-4-7-14(24)8-5-11/h1-5,7-8,10,24H,6,9H2,(H,19,22). The van der Waals surface area contributed by atoms with Crippen molar-refractivity contribution in [1.29, 1.82) is 0 Å². The van der Waals surface area contributed by atoms with Gasteiger partial charge in [-0.2, -0.15) is 4.52 Å². The Morgan fingerprint density at radius 1 is 1.08 bits per heavy atom. The van der Waals surface area contributed by atoms with Crippen LogP contribution in [0.2, 0.25) is 5.02 Å². The Labute approximate surface area is 152 Å². The lowest BCUT2D eigenvalue weighted by atomic mass is 10.1. The maximum Gasteiger partial charge on any atom is 0.236 e. The minimum atomic E-state index is 0.268. The Morgan fingerprint density at radius 2 is 1.92 bits per heavy atom. The van der Waals surface area contributed by atoms with Crippen LogP contribution in [0.1, 0.15) is 11.4 Å². The number of phenols is 1. The number of phenolic OH excluding ortho intramolecular Hbond substituents is 1. The zero-order valence-electron chi connectivity index (χ0n) is 13.1. The lowest BCUT2D eigenvalue weighted by Crippen LogP contribution is -2.00. The maximum absolute atomic E-state index is 9.34. The molecule has 0 unspecified atom stereocenters. The highest BCUT2D eigenvalue weighted by Gasteiger charge is 2.12. The second kappa shape index (κ2) is 6.70. The lowest BCUT2D eigenvalue weighted by molar-refractivity contribution is 0.475. The number of fused-ring (bicyclic) bond motifs is 1. The highest BCUT2D eigenvalue weighted by atomic mass is 35.5. The summed E-state index contributed by atoms with van der Waals surface area (Å²) in [6.45, 7) is 0. The fourth-order valence-electron chi connectivity index (χ4n) is 2.47. The van der Waals surface area contributed by atoms with Crippen molar-refractivity contribution in [3.63, 3.8) is 0 Å². The zero-order chi connectivity index (χ0) is 17.2. The summed E-state index contributed by atoms with van der Waals surface area (Å²) in [7, 11) is 0. The molecule has 4 aromatic rings. The normalized spacial score (nSPS) is 11.1. The first kappa shape index (κ1) is 15.9. The molecular formula is C17H14ClN5OS. The average molecular weight is 372 g/mol. The molecule has 0 aliphatic carbocycles. The van der Waals surface area contributed by atoms with Gasteiger partial charge in [0.2, 0.25) is 10.1 Å². The number of hydrogen-bond donors (Lipinski definition) is 2. The number of rotatable bonds is 5. The summed E-state index contributed by atoms with van der Waals surface area (Å²) in [5, 5.41) is 26.9. The van der Waals surface area contributed by atoms with E-state index in [1.54, 1.807) is 16.6 Å². The number of aromatic nitrogens is 4. The van der Waals surface area contributed by atoms with E-state index in [4.69, 9.17) is 11.6 Å². The molecule has 0 fully saturated rings. The quantitative estimate of drug-likeness (QED) is 0.553. The van der Waals surface area contributed by atoms with Gasteiger partial charge in [-0.1, -0.05) is 41.1 Å². The molecule has 25 heavy (non-hydrogen) atoms. The van der Waals surface area contributed by atoms with E-state index in [1.165, 1.54) is 11.3 Å². The average Bonchev–Trinajstić information content (AvgIpc) is 3.15. The molecule has 2 aromatic heterocycles. The summed E-state index contributed by atoms with van der Waals surface area (Å²) < 4.78 is 1.76. The molecule has 0 aliphatic rings. The van der Waals surface area contributed by atoms with Crippen molar-refractivity contribution in [3.8, 4) is 5.75 Å². The van der Waals surface area contributed by atoms with Crippen LogP contribution in [0, 0.1) is 0 Å². The van der Waals surface area contributed by atoms with E-state index in [-0.39, 0.29) is 5.75 Å². The van der Waals surface area contributed by atoms with E-state index in [1.807, 2.05) is 36.4 Å². The third kappa shape index (κ3) is 3.57. The van der Waals surface area contributed by atoms with Crippen molar-refractivity contribution in [2.24, 2.45) is 0 Å². The van der Waals surface area contributed by atoms with E-state index in [0.29, 0.717) is 11.4 Å². The molecule has 126 valence electrons. The Bertz CT molecular complexity index is 1010. The Hall–Kier alpha value is -2.64. The molecule has 4 rings (SSSR count). The number of hydrogen-bond acceptors (Lipinski definition) is 6. The van der Waals surface area contributed by atoms with Gasteiger partial charge in [-0.05, 0) is 42.3 Å². The molecule has 0 bridgehead atoms. The van der Waals surface area contributed by atoms with Crippen molar-refractivity contribution in [1.82, 2.24) is 19.8 Å². The predicted molar refractivity (Wildman–Crippen MR) is 98.9 cm³/mol. The number of aromatic hydroxyl groups is 1. The zero-order valence-corrected chi connectivity index (χ0v) is 14.6. The van der Waals surface area contributed by atoms with Gasteiger partial charge in [-0.15, -0.1) is 15.3 Å². The van der Waals surface area contributed by atoms with Crippen LogP contribution in [0.25, 0.3) is 4.96 Å². The first-order valence-corrected chi connectivity index (χ1v) is 8.88. The van der Waals surface area contributed by atoms with E-state index < -0.39 is 0 Å². The molecule has 2 aromatic carbocycles. The summed E-state index contributed by atoms with van der Waals surface area (Å²) in [6.07, 6.45) is 1.52. The highest BCUT2D eigenvalue weighted by molar-refractivity contribution is 7.20. The second-order valence-corrected chi connectivity index (χ2v) is 6.91. The summed E-state index contributed by atoms with van der Waals surface area (Å²) in [5.74, 6) is 1.07. The van der Waals surface area contributed by atoms with Gasteiger partial charge in [0.25, 0.3) is 0 Å². The number of benzene rings is 2. The van der Waals surface area contributed by atoms with Gasteiger partial charge in [-0.3, -0.25) is 0 Å². The lowest BCUT2D eigenvalue weighted by Gasteiger charge is -2.02. The molecule has 0 atom stereocenters. The third-order valence-corrected chi connectivity index (χ3v) is 4.75. The van der Waals surface area contributed by atoms with E-state index in [9.17, 15) is 5.11 Å². The van der Waals surface area contributed by atoms with Gasteiger partial charge in [0.15, 0.2) is 5.82 Å². The van der Waals surface area contributed by atoms with Gasteiger partial charge >= 0.3 is 0 Å². The molecule has 2 heterocycles. The van der Waals surface area contributed by atoms with Gasteiger partial charge in [-0.25, -0.2) is 0 Å². The smallest absolute Gasteiger partial charge is 0.236 e. The number of nitrogens with one attached hydrogen (secondary N) is 1. The number of nitrogens with zero attached hydrogens (tertiary/aromatic N) is 4. The Kier molecular flexibility index (Phi) is 4.25. The molecule has 0 amide bonds. The van der Waals surface area contributed by atoms with Crippen LogP contribution in [0.4, 0.5) is 10.8 Å². The van der Waals surface area contributed by atoms with Crippen LogP contribution < -0.4 is 5.32 Å². The van der Waals surface area contributed by atoms with Gasteiger partial charge in [0, 0.05) is 17.1 Å². The fourth-order valence-corrected chi connectivity index (χ4v) is 3.44. The van der Waals surface area contributed by atoms with E-state index in [2.05, 4.69) is 20.6 Å². The van der Waals surface area contributed by atoms with Crippen LogP contribution in [0.3, 0.4) is 0 Å². The van der Waals surface area contributed by atoms with Crippen LogP contribution in [-0.2, 0) is 12.8 Å². The number of anilines is 2. The largest absolute Gasteiger partial charge is 0.508 e. The van der Waals surface area contributed by atoms with Crippen molar-refractivity contribution < 1.29 is 5.11 Å². The summed E-state index contributed by atoms with van der Waals surface area (Å²) in [5.41, 5.74) is 2.00. The van der Waals surface area contributed by atoms with Crippen LogP contribution in [0.5, 0.6) is 5.75 Å². The van der Waals surface area contributed by atoms with Gasteiger partial charge in [0.05, 0.1) is 0 Å².